The Balaban J connectivity index is 1.48. The normalized spacial score (nSPS) is 26.0. The van der Waals surface area contributed by atoms with E-state index in [1.807, 2.05) is 0 Å². The number of anilines is 1. The van der Waals surface area contributed by atoms with Gasteiger partial charge >= 0.3 is 6.03 Å². The van der Waals surface area contributed by atoms with E-state index in [0.29, 0.717) is 16.5 Å². The molecule has 0 bridgehead atoms. The number of nitrogens with two attached hydrogens (primary N) is 1. The number of nitrogens with zero attached hydrogens (tertiary/aromatic N) is 3. The molecule has 2 aromatic rings. The number of aliphatic hydroxyl groups is 1. The number of hydrogen-bond acceptors (Lipinski definition) is 7. The smallest absolute Gasteiger partial charge is 0.354 e. The van der Waals surface area contributed by atoms with Crippen molar-refractivity contribution < 1.29 is 18.8 Å². The van der Waals surface area contributed by atoms with E-state index in [9.17, 15) is 14.1 Å². The van der Waals surface area contributed by atoms with Crippen molar-refractivity contribution in [1.29, 1.82) is 0 Å². The van der Waals surface area contributed by atoms with Gasteiger partial charge in [0.1, 0.15) is 5.60 Å². The first-order chi connectivity index (χ1) is 14.7. The summed E-state index contributed by atoms with van der Waals surface area (Å²) >= 11 is 1.01. The van der Waals surface area contributed by atoms with Crippen LogP contribution in [0.3, 0.4) is 0 Å². The number of nitrogens with one attached hydrogen (secondary N) is 1. The highest BCUT2D eigenvalue weighted by Gasteiger charge is 2.36. The molecule has 166 valence electrons. The predicted octanol–water partition coefficient (Wildman–Crippen LogP) is 2.75. The SMILES string of the molecule is CC1CCc2c1nc1c(c2NC(=O)N=S(N)(=O)c2nc3c(s2)C(C)(O)COC3)CCC1. The molecule has 5 rings (SSSR count). The maximum absolute atomic E-state index is 13.1. The summed E-state index contributed by atoms with van der Waals surface area (Å²) in [7, 11) is -3.57. The van der Waals surface area contributed by atoms with Gasteiger partial charge in [0.2, 0.25) is 4.34 Å². The summed E-state index contributed by atoms with van der Waals surface area (Å²) < 4.78 is 22.2. The van der Waals surface area contributed by atoms with Crippen LogP contribution in [0.4, 0.5) is 10.5 Å². The van der Waals surface area contributed by atoms with Crippen molar-refractivity contribution in [1.82, 2.24) is 9.97 Å². The Bertz CT molecular complexity index is 1210. The maximum Gasteiger partial charge on any atom is 0.354 e. The summed E-state index contributed by atoms with van der Waals surface area (Å²) in [6.45, 7) is 4.05. The highest BCUT2D eigenvalue weighted by molar-refractivity contribution is 7.93. The number of carbonyl (C=O) groups is 1. The molecule has 3 atom stereocenters. The van der Waals surface area contributed by atoms with Crippen LogP contribution in [0.2, 0.25) is 0 Å². The summed E-state index contributed by atoms with van der Waals surface area (Å²) in [6, 6.07) is -0.759. The second-order valence-electron chi connectivity index (χ2n) is 8.68. The van der Waals surface area contributed by atoms with E-state index in [1.165, 1.54) is 0 Å². The number of amides is 2. The molecule has 4 N–H and O–H groups in total. The number of ether oxygens (including phenoxy) is 1. The first kappa shape index (κ1) is 21.0. The molecule has 2 aliphatic carbocycles. The molecule has 3 heterocycles. The van der Waals surface area contributed by atoms with E-state index in [1.54, 1.807) is 6.92 Å². The molecule has 9 nitrogen and oxygen atoms in total. The van der Waals surface area contributed by atoms with Crippen LogP contribution < -0.4 is 10.5 Å². The van der Waals surface area contributed by atoms with Gasteiger partial charge in [-0.1, -0.05) is 6.92 Å². The second kappa shape index (κ2) is 7.31. The fraction of sp³-hybridized carbons (Fsp3) is 0.550. The predicted molar refractivity (Wildman–Crippen MR) is 116 cm³/mol. The zero-order valence-electron chi connectivity index (χ0n) is 17.4. The van der Waals surface area contributed by atoms with Crippen molar-refractivity contribution in [3.8, 4) is 0 Å². The number of hydrogen-bond donors (Lipinski definition) is 3. The van der Waals surface area contributed by atoms with Crippen molar-refractivity contribution in [2.24, 2.45) is 9.50 Å². The van der Waals surface area contributed by atoms with Gasteiger partial charge in [0.25, 0.3) is 0 Å². The third-order valence-electron chi connectivity index (χ3n) is 6.14. The van der Waals surface area contributed by atoms with Gasteiger partial charge in [-0.15, -0.1) is 15.7 Å². The fourth-order valence-corrected chi connectivity index (χ4v) is 6.91. The summed E-state index contributed by atoms with van der Waals surface area (Å²) in [6.07, 6.45) is 4.59. The lowest BCUT2D eigenvalue weighted by atomic mass is 10.0. The first-order valence-electron chi connectivity index (χ1n) is 10.4. The zero-order valence-corrected chi connectivity index (χ0v) is 19.1. The molecule has 11 heteroatoms. The van der Waals surface area contributed by atoms with Crippen LogP contribution in [0.25, 0.3) is 0 Å². The van der Waals surface area contributed by atoms with Gasteiger partial charge in [-0.3, -0.25) is 4.98 Å². The van der Waals surface area contributed by atoms with Crippen LogP contribution in [0, 0.1) is 0 Å². The van der Waals surface area contributed by atoms with Crippen LogP contribution >= 0.6 is 11.3 Å². The van der Waals surface area contributed by atoms with E-state index in [4.69, 9.17) is 14.9 Å². The molecule has 0 saturated heterocycles. The number of rotatable bonds is 2. The van der Waals surface area contributed by atoms with Crippen LogP contribution in [0.15, 0.2) is 8.70 Å². The van der Waals surface area contributed by atoms with Gasteiger partial charge in [-0.2, -0.15) is 0 Å². The van der Waals surface area contributed by atoms with Gasteiger partial charge < -0.3 is 15.2 Å². The summed E-state index contributed by atoms with van der Waals surface area (Å²) in [5.74, 6) is 0.351. The number of pyridine rings is 1. The van der Waals surface area contributed by atoms with Crippen LogP contribution in [-0.4, -0.2) is 31.9 Å². The van der Waals surface area contributed by atoms with Crippen molar-refractivity contribution in [2.75, 3.05) is 11.9 Å². The molecule has 0 radical (unpaired) electrons. The Morgan fingerprint density at radius 3 is 2.90 bits per heavy atom. The molecular formula is C20H25N5O4S2. The molecule has 3 unspecified atom stereocenters. The van der Waals surface area contributed by atoms with E-state index in [-0.39, 0.29) is 17.6 Å². The average Bonchev–Trinajstić information content (AvgIpc) is 3.40. The van der Waals surface area contributed by atoms with Gasteiger partial charge in [0, 0.05) is 11.4 Å². The lowest BCUT2D eigenvalue weighted by Gasteiger charge is -2.26. The number of carbonyl (C=O) groups excluding carboxylic acids is 1. The largest absolute Gasteiger partial charge is 0.382 e. The number of urea groups is 1. The lowest BCUT2D eigenvalue weighted by molar-refractivity contribution is -0.0586. The monoisotopic (exact) mass is 463 g/mol. The Morgan fingerprint density at radius 2 is 2.13 bits per heavy atom. The van der Waals surface area contributed by atoms with Crippen molar-refractivity contribution in [3.63, 3.8) is 0 Å². The van der Waals surface area contributed by atoms with E-state index in [2.05, 4.69) is 21.6 Å². The molecule has 0 saturated carbocycles. The number of fused-ring (bicyclic) bond motifs is 3. The summed E-state index contributed by atoms with van der Waals surface area (Å²) in [5.41, 5.74) is 4.18. The summed E-state index contributed by atoms with van der Waals surface area (Å²) in [5, 5.41) is 19.3. The second-order valence-corrected chi connectivity index (χ2v) is 11.6. The maximum atomic E-state index is 13.1. The number of aryl methyl sites for hydroxylation is 1. The molecule has 2 amide bonds. The molecule has 1 aliphatic heterocycles. The minimum Gasteiger partial charge on any atom is -0.382 e. The molecule has 2 aromatic heterocycles. The van der Waals surface area contributed by atoms with Gasteiger partial charge in [0.05, 0.1) is 29.5 Å². The van der Waals surface area contributed by atoms with Crippen LogP contribution in [0.1, 0.15) is 65.7 Å². The molecule has 31 heavy (non-hydrogen) atoms. The topological polar surface area (TPSA) is 140 Å². The van der Waals surface area contributed by atoms with Crippen molar-refractivity contribution in [3.05, 3.63) is 33.1 Å². The highest BCUT2D eigenvalue weighted by atomic mass is 32.2. The van der Waals surface area contributed by atoms with Crippen molar-refractivity contribution >= 4 is 33.0 Å². The lowest BCUT2D eigenvalue weighted by Crippen LogP contribution is -2.31. The zero-order chi connectivity index (χ0) is 22.0. The number of aromatic nitrogens is 2. The van der Waals surface area contributed by atoms with Gasteiger partial charge in [0.15, 0.2) is 9.92 Å². The van der Waals surface area contributed by atoms with E-state index >= 15 is 0 Å². The Kier molecular flexibility index (Phi) is 4.94. The molecule has 3 aliphatic rings. The Hall–Kier alpha value is -1.92. The third-order valence-corrected chi connectivity index (χ3v) is 9.28. The Labute approximate surface area is 184 Å². The summed E-state index contributed by atoms with van der Waals surface area (Å²) in [4.78, 5) is 22.4. The quantitative estimate of drug-likeness (QED) is 0.626. The van der Waals surface area contributed by atoms with E-state index < -0.39 is 21.5 Å². The standard InChI is InChI=1S/C20H25N5O4S2/c1-10-6-7-12-15(10)22-13-5-3-4-11(13)16(12)24-18(26)25-31(21,28)19-23-14-8-29-9-20(2,27)17(14)30-19/h10,27H,3-9H2,1-2H3,(H3,21,22,24,25,26,28). The number of thiazole rings is 1. The van der Waals surface area contributed by atoms with Gasteiger partial charge in [-0.25, -0.2) is 19.1 Å². The Morgan fingerprint density at radius 1 is 1.32 bits per heavy atom. The molecule has 0 aromatic carbocycles. The molecule has 0 spiro atoms. The van der Waals surface area contributed by atoms with Gasteiger partial charge in [-0.05, 0) is 56.1 Å². The third kappa shape index (κ3) is 3.58. The molecular weight excluding hydrogens is 438 g/mol. The fourth-order valence-electron chi connectivity index (χ4n) is 4.63. The first-order valence-corrected chi connectivity index (χ1v) is 12.8. The van der Waals surface area contributed by atoms with Crippen molar-refractivity contribution in [2.45, 2.75) is 68.4 Å². The van der Waals surface area contributed by atoms with Crippen LogP contribution in [0.5, 0.6) is 0 Å². The average molecular weight is 464 g/mol. The minimum absolute atomic E-state index is 0.0113. The van der Waals surface area contributed by atoms with E-state index in [0.717, 1.165) is 71.6 Å². The molecule has 0 fully saturated rings. The van der Waals surface area contributed by atoms with Crippen LogP contribution in [-0.2, 0) is 46.1 Å². The minimum atomic E-state index is -3.57. The highest BCUT2D eigenvalue weighted by Crippen LogP contribution is 2.41.